The Hall–Kier alpha value is -3.13. The molecule has 0 radical (unpaired) electrons. The van der Waals surface area contributed by atoms with E-state index in [1.165, 1.54) is 0 Å². The van der Waals surface area contributed by atoms with Crippen molar-refractivity contribution in [2.45, 2.75) is 70.8 Å². The summed E-state index contributed by atoms with van der Waals surface area (Å²) in [6.45, 7) is 1.65. The van der Waals surface area contributed by atoms with Gasteiger partial charge in [0.15, 0.2) is 11.2 Å². The van der Waals surface area contributed by atoms with Crippen molar-refractivity contribution in [1.29, 1.82) is 0 Å². The van der Waals surface area contributed by atoms with Crippen LogP contribution in [0.1, 0.15) is 75.7 Å². The lowest BCUT2D eigenvalue weighted by atomic mass is 9.99. The number of aryl methyl sites for hydroxylation is 1. The third-order valence-corrected chi connectivity index (χ3v) is 10.4. The Balaban J connectivity index is 1.29. The van der Waals surface area contributed by atoms with Crippen molar-refractivity contribution in [2.75, 3.05) is 20.3 Å². The van der Waals surface area contributed by atoms with Crippen molar-refractivity contribution in [3.05, 3.63) is 83.4 Å². The number of hydrogen-bond acceptors (Lipinski definition) is 7. The fourth-order valence-electron chi connectivity index (χ4n) is 6.26. The molecule has 4 heterocycles. The highest BCUT2D eigenvalue weighted by Gasteiger charge is 2.32. The van der Waals surface area contributed by atoms with Crippen LogP contribution in [-0.4, -0.2) is 36.9 Å². The molecule has 0 saturated carbocycles. The summed E-state index contributed by atoms with van der Waals surface area (Å²) in [7, 11) is 0. The number of oxazole rings is 2. The van der Waals surface area contributed by atoms with E-state index in [2.05, 4.69) is 91.3 Å². The third kappa shape index (κ3) is 8.13. The number of benzene rings is 1. The zero-order chi connectivity index (χ0) is 32.6. The van der Waals surface area contributed by atoms with E-state index in [0.717, 1.165) is 109 Å². The minimum absolute atomic E-state index is 0.321. The summed E-state index contributed by atoms with van der Waals surface area (Å²) in [5.74, 6) is 2.11. The number of fused-ring (bicyclic) bond motifs is 2. The van der Waals surface area contributed by atoms with Crippen molar-refractivity contribution < 1.29 is 23.0 Å². The average molecular weight is 858 g/mol. The van der Waals surface area contributed by atoms with Gasteiger partial charge in [0.2, 0.25) is 11.1 Å². The molecule has 0 bridgehead atoms. The predicted molar refractivity (Wildman–Crippen MR) is 202 cm³/mol. The van der Waals surface area contributed by atoms with E-state index in [1.807, 2.05) is 30.4 Å². The van der Waals surface area contributed by atoms with Crippen molar-refractivity contribution >= 4 is 96.6 Å². The number of nitrogens with zero attached hydrogens (tertiary/aromatic N) is 4. The van der Waals surface area contributed by atoms with Crippen molar-refractivity contribution in [3.63, 3.8) is 0 Å². The predicted octanol–water partition coefficient (Wildman–Crippen LogP) is 6.90. The minimum Gasteiger partial charge on any atom is -0.435 e. The van der Waals surface area contributed by atoms with Gasteiger partial charge in [-0.2, -0.15) is 4.98 Å². The Morgan fingerprint density at radius 3 is 2.34 bits per heavy atom. The van der Waals surface area contributed by atoms with Gasteiger partial charge in [-0.05, 0) is 74.8 Å². The van der Waals surface area contributed by atoms with E-state index in [9.17, 15) is 9.59 Å². The monoisotopic (exact) mass is 857 g/mol. The number of Topliss-reactive ketones (excluding diaryl/α,β-unsaturated/α-hetero) is 2. The second-order valence-corrected chi connectivity index (χ2v) is 13.5. The molecule has 1 aliphatic heterocycles. The van der Waals surface area contributed by atoms with Gasteiger partial charge in [-0.25, -0.2) is 4.57 Å². The number of ketones is 2. The number of carbonyl (C=O) groups excluding carboxylic acids is 2. The number of carbonyl (C=O) groups is 2. The molecule has 244 valence electrons. The Morgan fingerprint density at radius 2 is 1.57 bits per heavy atom. The van der Waals surface area contributed by atoms with Gasteiger partial charge in [0.1, 0.15) is 11.6 Å². The Kier molecular flexibility index (Phi) is 11.7. The van der Waals surface area contributed by atoms with E-state index in [-0.39, 0.29) is 0 Å². The minimum atomic E-state index is 0.321. The summed E-state index contributed by atoms with van der Waals surface area (Å²) in [6.07, 6.45) is 16.8. The van der Waals surface area contributed by atoms with Crippen molar-refractivity contribution in [3.8, 4) is 0 Å². The van der Waals surface area contributed by atoms with Gasteiger partial charge in [0.25, 0.3) is 0 Å². The normalized spacial score (nSPS) is 15.4. The summed E-state index contributed by atoms with van der Waals surface area (Å²) in [4.78, 5) is 35.6. The van der Waals surface area contributed by atoms with Crippen LogP contribution < -0.4 is 20.4 Å². The molecule has 0 atom stereocenters. The molecule has 0 fully saturated rings. The molecular formula is C37H39I2N4O4+. The first-order chi connectivity index (χ1) is 23.1. The van der Waals surface area contributed by atoms with E-state index in [4.69, 9.17) is 18.8 Å². The van der Waals surface area contributed by atoms with Crippen LogP contribution in [-0.2, 0) is 16.1 Å². The Morgan fingerprint density at radius 1 is 0.830 bits per heavy atom. The van der Waals surface area contributed by atoms with Crippen LogP contribution in [0.15, 0.2) is 69.8 Å². The maximum Gasteiger partial charge on any atom is 0.370 e. The smallest absolute Gasteiger partial charge is 0.370 e. The molecule has 1 aliphatic carbocycles. The van der Waals surface area contributed by atoms with Crippen LogP contribution in [0.25, 0.3) is 34.0 Å². The maximum absolute atomic E-state index is 11.7. The lowest BCUT2D eigenvalue weighted by Gasteiger charge is -2.18. The van der Waals surface area contributed by atoms with Gasteiger partial charge in [-0.3, -0.25) is 9.59 Å². The molecule has 1 aromatic carbocycles. The first-order valence-corrected chi connectivity index (χ1v) is 19.5. The molecular weight excluding hydrogens is 818 g/mol. The maximum atomic E-state index is 11.7. The number of hydrogen-bond donors (Lipinski definition) is 0. The first-order valence-electron chi connectivity index (χ1n) is 16.4. The fraction of sp³-hybridized carbons (Fsp3) is 0.378. The molecule has 0 spiro atoms. The number of rotatable bonds is 16. The molecule has 0 N–H and O–H groups in total. The quantitative estimate of drug-likeness (QED) is 0.0524. The molecule has 10 heteroatoms. The highest BCUT2D eigenvalue weighted by atomic mass is 127. The zero-order valence-electron chi connectivity index (χ0n) is 26.4. The van der Waals surface area contributed by atoms with Gasteiger partial charge in [-0.1, -0.05) is 81.9 Å². The molecule has 3 aromatic heterocycles. The molecule has 4 aromatic rings. The van der Waals surface area contributed by atoms with Crippen LogP contribution in [0.5, 0.6) is 0 Å². The van der Waals surface area contributed by atoms with E-state index < -0.39 is 0 Å². The Labute approximate surface area is 302 Å². The molecule has 0 saturated heterocycles. The summed E-state index contributed by atoms with van der Waals surface area (Å²) >= 11 is 4.28. The summed E-state index contributed by atoms with van der Waals surface area (Å²) in [6, 6.07) is 14.4. The van der Waals surface area contributed by atoms with Crippen LogP contribution >= 0.6 is 45.2 Å². The third-order valence-electron chi connectivity index (χ3n) is 8.65. The van der Waals surface area contributed by atoms with Crippen LogP contribution in [0.4, 0.5) is 5.82 Å². The van der Waals surface area contributed by atoms with Gasteiger partial charge in [-0.15, -0.1) is 0 Å². The molecule has 6 rings (SSSR count). The fourth-order valence-corrected chi connectivity index (χ4v) is 7.03. The van der Waals surface area contributed by atoms with Gasteiger partial charge >= 0.3 is 11.5 Å². The first kappa shape index (κ1) is 33.8. The number of aromatic nitrogens is 3. The summed E-state index contributed by atoms with van der Waals surface area (Å²) in [5.41, 5.74) is 7.26. The number of unbranched alkanes of at least 4 members (excludes halogenated alkanes) is 4. The lowest BCUT2D eigenvalue weighted by molar-refractivity contribution is -0.673. The van der Waals surface area contributed by atoms with Gasteiger partial charge < -0.3 is 13.7 Å². The molecule has 0 amide bonds. The molecule has 47 heavy (non-hydrogen) atoms. The topological polar surface area (TPSA) is 93.3 Å². The highest BCUT2D eigenvalue weighted by molar-refractivity contribution is 14.1. The summed E-state index contributed by atoms with van der Waals surface area (Å²) in [5, 5.41) is 0. The SMILES string of the molecule is O=C(CI)CCCCCN1C=CC=c2o/c(=C3/CCC(c4nc5c(ccc[n+]5CCCCCC(=O)CI)o4)=C3c3ccccc3)nc21. The standard InChI is InChI=1S/C37H39I2N4O4/c38-24-27(44)14-6-2-8-20-42-22-10-16-31-34(42)40-36(46-31)29-18-19-30(33(29)26-12-4-1-5-13-26)37-41-35-32(47-37)17-11-23-43(35)21-9-3-7-15-28(45)25-39/h1,4-5,10-13,16-17,22-23H,2-3,6-9,14-15,18-21,24-25H2/q+1. The zero-order valence-corrected chi connectivity index (χ0v) is 30.7. The van der Waals surface area contributed by atoms with Gasteiger partial charge in [0.05, 0.1) is 27.2 Å². The average Bonchev–Trinajstić information content (AvgIpc) is 3.85. The molecule has 0 unspecified atom stereocenters. The summed E-state index contributed by atoms with van der Waals surface area (Å²) < 4.78 is 16.2. The number of allylic oxidation sites excluding steroid dienone is 3. The van der Waals surface area contributed by atoms with E-state index in [1.54, 1.807) is 0 Å². The Bertz CT molecular complexity index is 1930. The van der Waals surface area contributed by atoms with E-state index >= 15 is 0 Å². The molecule has 8 nitrogen and oxygen atoms in total. The number of anilines is 1. The number of pyridine rings is 1. The number of alkyl halides is 2. The second kappa shape index (κ2) is 16.3. The van der Waals surface area contributed by atoms with Crippen LogP contribution in [0.3, 0.4) is 0 Å². The van der Waals surface area contributed by atoms with Crippen LogP contribution in [0.2, 0.25) is 0 Å². The number of halogens is 2. The largest absolute Gasteiger partial charge is 0.435 e. The lowest BCUT2D eigenvalue weighted by Crippen LogP contribution is -2.34. The van der Waals surface area contributed by atoms with Crippen molar-refractivity contribution in [2.24, 2.45) is 0 Å². The molecule has 2 aliphatic rings. The second-order valence-electron chi connectivity index (χ2n) is 12.0. The van der Waals surface area contributed by atoms with Crippen LogP contribution in [0, 0.1) is 0 Å². The van der Waals surface area contributed by atoms with E-state index in [0.29, 0.717) is 44.7 Å². The van der Waals surface area contributed by atoms with Gasteiger partial charge in [0, 0.05) is 41.7 Å². The highest BCUT2D eigenvalue weighted by Crippen LogP contribution is 2.44. The van der Waals surface area contributed by atoms with Crippen molar-refractivity contribution in [1.82, 2.24) is 9.97 Å².